The van der Waals surface area contributed by atoms with Gasteiger partial charge in [-0.1, -0.05) is 0 Å². The lowest BCUT2D eigenvalue weighted by Gasteiger charge is -2.24. The molecule has 5 nitrogen and oxygen atoms in total. The Balaban J connectivity index is 1.83. The lowest BCUT2D eigenvalue weighted by Crippen LogP contribution is -2.40. The summed E-state index contributed by atoms with van der Waals surface area (Å²) in [5.74, 6) is 0. The maximum absolute atomic E-state index is 12.0. The average molecular weight is 339 g/mol. The number of carbonyl (C=O) groups excluding carboxylic acids is 1. The van der Waals surface area contributed by atoms with Gasteiger partial charge < -0.3 is 15.5 Å². The monoisotopic (exact) mass is 338 g/mol. The van der Waals surface area contributed by atoms with E-state index in [0.29, 0.717) is 13.1 Å². The minimum atomic E-state index is -0.146. The zero-order valence-electron chi connectivity index (χ0n) is 13.3. The molecule has 0 aliphatic carbocycles. The third-order valence-corrected chi connectivity index (χ3v) is 5.19. The summed E-state index contributed by atoms with van der Waals surface area (Å²) >= 11 is 3.29. The van der Waals surface area contributed by atoms with Gasteiger partial charge in [0.05, 0.1) is 23.3 Å². The highest BCUT2D eigenvalue weighted by molar-refractivity contribution is 7.11. The predicted octanol–water partition coefficient (Wildman–Crippen LogP) is 2.92. The highest BCUT2D eigenvalue weighted by Crippen LogP contribution is 2.20. The molecule has 0 aliphatic heterocycles. The molecule has 0 fully saturated rings. The van der Waals surface area contributed by atoms with Crippen LogP contribution in [0.3, 0.4) is 0 Å². The first-order valence-electron chi connectivity index (χ1n) is 7.10. The van der Waals surface area contributed by atoms with E-state index < -0.39 is 0 Å². The predicted molar refractivity (Wildman–Crippen MR) is 92.6 cm³/mol. The molecule has 0 aromatic carbocycles. The molecule has 7 heteroatoms. The van der Waals surface area contributed by atoms with Gasteiger partial charge in [0.2, 0.25) is 0 Å². The number of nitrogens with one attached hydrogen (secondary N) is 2. The molecular formula is C15H22N4OS2. The number of hydrogen-bond acceptors (Lipinski definition) is 5. The van der Waals surface area contributed by atoms with Crippen LogP contribution in [0.1, 0.15) is 27.2 Å². The molecule has 2 N–H and O–H groups in total. The van der Waals surface area contributed by atoms with Gasteiger partial charge in [0.15, 0.2) is 0 Å². The second-order valence-corrected chi connectivity index (χ2v) is 7.41. The number of aromatic nitrogens is 1. The topological polar surface area (TPSA) is 57.3 Å². The van der Waals surface area contributed by atoms with Gasteiger partial charge in [0, 0.05) is 11.4 Å². The van der Waals surface area contributed by atoms with Gasteiger partial charge in [-0.3, -0.25) is 0 Å². The Morgan fingerprint density at radius 1 is 1.36 bits per heavy atom. The van der Waals surface area contributed by atoms with E-state index in [2.05, 4.69) is 37.3 Å². The van der Waals surface area contributed by atoms with Crippen LogP contribution in [0.15, 0.2) is 16.8 Å². The van der Waals surface area contributed by atoms with Crippen molar-refractivity contribution in [1.29, 1.82) is 0 Å². The Hall–Kier alpha value is -1.44. The quantitative estimate of drug-likeness (QED) is 0.851. The van der Waals surface area contributed by atoms with Crippen molar-refractivity contribution >= 4 is 28.7 Å². The molecule has 1 unspecified atom stereocenters. The van der Waals surface area contributed by atoms with Crippen molar-refractivity contribution in [2.75, 3.05) is 20.6 Å². The molecule has 2 heterocycles. The summed E-state index contributed by atoms with van der Waals surface area (Å²) in [5, 5.41) is 11.0. The van der Waals surface area contributed by atoms with E-state index in [0.717, 1.165) is 15.6 Å². The van der Waals surface area contributed by atoms with Crippen molar-refractivity contribution in [3.05, 3.63) is 38.0 Å². The second-order valence-electron chi connectivity index (χ2n) is 5.34. The Bertz CT molecular complexity index is 607. The zero-order valence-corrected chi connectivity index (χ0v) is 15.0. The van der Waals surface area contributed by atoms with Crippen LogP contribution in [0.2, 0.25) is 0 Å². The molecular weight excluding hydrogens is 316 g/mol. The van der Waals surface area contributed by atoms with Crippen LogP contribution in [0.4, 0.5) is 4.79 Å². The number of carbonyl (C=O) groups is 1. The summed E-state index contributed by atoms with van der Waals surface area (Å²) in [6, 6.07) is 2.13. The SMILES string of the molecule is Cc1nc(C)c(CNC(=O)NCC(c2ccsc2)N(C)C)s1. The molecule has 120 valence electrons. The molecule has 1 atom stereocenters. The van der Waals surface area contributed by atoms with Gasteiger partial charge in [-0.05, 0) is 50.3 Å². The highest BCUT2D eigenvalue weighted by Gasteiger charge is 2.15. The minimum absolute atomic E-state index is 0.146. The first kappa shape index (κ1) is 16.9. The Morgan fingerprint density at radius 3 is 2.68 bits per heavy atom. The summed E-state index contributed by atoms with van der Waals surface area (Å²) in [7, 11) is 4.04. The molecule has 0 saturated heterocycles. The van der Waals surface area contributed by atoms with Crippen molar-refractivity contribution in [3.63, 3.8) is 0 Å². The van der Waals surface area contributed by atoms with E-state index in [1.165, 1.54) is 5.56 Å². The van der Waals surface area contributed by atoms with Crippen LogP contribution in [-0.4, -0.2) is 36.6 Å². The maximum Gasteiger partial charge on any atom is 0.315 e. The molecule has 0 saturated carbocycles. The Labute approximate surface area is 139 Å². The zero-order chi connectivity index (χ0) is 16.1. The fraction of sp³-hybridized carbons (Fsp3) is 0.467. The average Bonchev–Trinajstić information content (AvgIpc) is 3.06. The van der Waals surface area contributed by atoms with Gasteiger partial charge in [-0.15, -0.1) is 11.3 Å². The number of hydrogen-bond donors (Lipinski definition) is 2. The third kappa shape index (κ3) is 4.53. The molecule has 0 bridgehead atoms. The normalized spacial score (nSPS) is 12.4. The van der Waals surface area contributed by atoms with Crippen molar-refractivity contribution in [2.24, 2.45) is 0 Å². The molecule has 2 aromatic rings. The van der Waals surface area contributed by atoms with Gasteiger partial charge in [0.1, 0.15) is 0 Å². The fourth-order valence-electron chi connectivity index (χ4n) is 2.21. The Kier molecular flexibility index (Phi) is 5.93. The van der Waals surface area contributed by atoms with Crippen LogP contribution >= 0.6 is 22.7 Å². The van der Waals surface area contributed by atoms with Gasteiger partial charge >= 0.3 is 6.03 Å². The first-order chi connectivity index (χ1) is 10.5. The van der Waals surface area contributed by atoms with Gasteiger partial charge in [0.25, 0.3) is 0 Å². The number of urea groups is 1. The van der Waals surface area contributed by atoms with Crippen LogP contribution in [0.5, 0.6) is 0 Å². The van der Waals surface area contributed by atoms with E-state index in [-0.39, 0.29) is 12.1 Å². The van der Waals surface area contributed by atoms with Gasteiger partial charge in [-0.2, -0.15) is 11.3 Å². The smallest absolute Gasteiger partial charge is 0.315 e. The van der Waals surface area contributed by atoms with E-state index >= 15 is 0 Å². The molecule has 0 radical (unpaired) electrons. The molecule has 2 rings (SSSR count). The summed E-state index contributed by atoms with van der Waals surface area (Å²) in [4.78, 5) is 19.6. The number of thiophene rings is 1. The number of aryl methyl sites for hydroxylation is 2. The number of thiazole rings is 1. The second kappa shape index (κ2) is 7.71. The summed E-state index contributed by atoms with van der Waals surface area (Å²) < 4.78 is 0. The summed E-state index contributed by atoms with van der Waals surface area (Å²) in [6.07, 6.45) is 0. The van der Waals surface area contributed by atoms with Crippen molar-refractivity contribution in [3.8, 4) is 0 Å². The van der Waals surface area contributed by atoms with E-state index in [1.54, 1.807) is 22.7 Å². The summed E-state index contributed by atoms with van der Waals surface area (Å²) in [6.45, 7) is 5.05. The first-order valence-corrected chi connectivity index (χ1v) is 8.86. The van der Waals surface area contributed by atoms with Crippen LogP contribution in [-0.2, 0) is 6.54 Å². The van der Waals surface area contributed by atoms with Crippen LogP contribution in [0.25, 0.3) is 0 Å². The number of rotatable bonds is 6. The van der Waals surface area contributed by atoms with E-state index in [9.17, 15) is 4.79 Å². The molecule has 0 spiro atoms. The van der Waals surface area contributed by atoms with E-state index in [1.807, 2.05) is 27.9 Å². The minimum Gasteiger partial charge on any atom is -0.336 e. The largest absolute Gasteiger partial charge is 0.336 e. The lowest BCUT2D eigenvalue weighted by atomic mass is 10.1. The molecule has 0 aliphatic rings. The maximum atomic E-state index is 12.0. The van der Waals surface area contributed by atoms with Gasteiger partial charge in [-0.25, -0.2) is 9.78 Å². The number of likely N-dealkylation sites (N-methyl/N-ethyl adjacent to an activating group) is 1. The highest BCUT2D eigenvalue weighted by atomic mass is 32.1. The number of amides is 2. The Morgan fingerprint density at radius 2 is 2.14 bits per heavy atom. The van der Waals surface area contributed by atoms with Crippen molar-refractivity contribution in [2.45, 2.75) is 26.4 Å². The van der Waals surface area contributed by atoms with E-state index in [4.69, 9.17) is 0 Å². The molecule has 22 heavy (non-hydrogen) atoms. The summed E-state index contributed by atoms with van der Waals surface area (Å²) in [5.41, 5.74) is 2.22. The van der Waals surface area contributed by atoms with Crippen molar-refractivity contribution < 1.29 is 4.79 Å². The third-order valence-electron chi connectivity index (χ3n) is 3.42. The standard InChI is InChI=1S/C15H22N4OS2/c1-10-14(22-11(2)18-10)8-17-15(20)16-7-13(19(3)4)12-5-6-21-9-12/h5-6,9,13H,7-8H2,1-4H3,(H2,16,17,20). The molecule has 2 amide bonds. The molecule has 2 aromatic heterocycles. The van der Waals surface area contributed by atoms with Crippen molar-refractivity contribution in [1.82, 2.24) is 20.5 Å². The van der Waals surface area contributed by atoms with Crippen LogP contribution in [0, 0.1) is 13.8 Å². The fourth-order valence-corrected chi connectivity index (χ4v) is 3.80. The van der Waals surface area contributed by atoms with Crippen LogP contribution < -0.4 is 10.6 Å². The lowest BCUT2D eigenvalue weighted by molar-refractivity contribution is 0.232. The number of nitrogens with zero attached hydrogens (tertiary/aromatic N) is 2.